The quantitative estimate of drug-likeness (QED) is 0.528. The van der Waals surface area contributed by atoms with E-state index in [0.29, 0.717) is 18.7 Å². The third-order valence-electron chi connectivity index (χ3n) is 4.84. The maximum atomic E-state index is 5.12. The van der Waals surface area contributed by atoms with Gasteiger partial charge in [0.05, 0.1) is 6.54 Å². The number of hydrogen-bond donors (Lipinski definition) is 2. The molecule has 8 heteroatoms. The van der Waals surface area contributed by atoms with Gasteiger partial charge >= 0.3 is 0 Å². The van der Waals surface area contributed by atoms with E-state index in [-0.39, 0.29) is 0 Å². The van der Waals surface area contributed by atoms with Crippen molar-refractivity contribution in [3.8, 4) is 0 Å². The SMILES string of the molecule is CCC(C)N(C)CCNC(=NC)NC1CCc2nc(COC)nn2C1. The summed E-state index contributed by atoms with van der Waals surface area (Å²) in [4.78, 5) is 11.2. The van der Waals surface area contributed by atoms with E-state index < -0.39 is 0 Å². The molecule has 8 nitrogen and oxygen atoms in total. The highest BCUT2D eigenvalue weighted by Crippen LogP contribution is 2.13. The summed E-state index contributed by atoms with van der Waals surface area (Å²) in [7, 11) is 5.64. The molecule has 0 fully saturated rings. The fourth-order valence-corrected chi connectivity index (χ4v) is 2.94. The maximum Gasteiger partial charge on any atom is 0.191 e. The van der Waals surface area contributed by atoms with Gasteiger partial charge in [0.2, 0.25) is 0 Å². The molecule has 2 atom stereocenters. The Morgan fingerprint density at radius 2 is 2.32 bits per heavy atom. The first-order chi connectivity index (χ1) is 12.1. The van der Waals surface area contributed by atoms with Crippen molar-refractivity contribution in [1.29, 1.82) is 0 Å². The predicted molar refractivity (Wildman–Crippen MR) is 99.7 cm³/mol. The Labute approximate surface area is 151 Å². The minimum Gasteiger partial charge on any atom is -0.377 e. The molecule has 0 aliphatic carbocycles. The van der Waals surface area contributed by atoms with Crippen LogP contribution in [0.25, 0.3) is 0 Å². The van der Waals surface area contributed by atoms with Crippen molar-refractivity contribution >= 4 is 5.96 Å². The van der Waals surface area contributed by atoms with Crippen LogP contribution in [0.1, 0.15) is 38.3 Å². The fraction of sp³-hybridized carbons (Fsp3) is 0.824. The number of hydrogen-bond acceptors (Lipinski definition) is 5. The molecular weight excluding hydrogens is 318 g/mol. The van der Waals surface area contributed by atoms with Crippen LogP contribution in [-0.4, -0.2) is 72.0 Å². The van der Waals surface area contributed by atoms with Gasteiger partial charge < -0.3 is 20.3 Å². The van der Waals surface area contributed by atoms with E-state index in [1.165, 1.54) is 0 Å². The summed E-state index contributed by atoms with van der Waals surface area (Å²) >= 11 is 0. The average molecular weight is 351 g/mol. The van der Waals surface area contributed by atoms with Gasteiger partial charge in [-0.3, -0.25) is 4.99 Å². The van der Waals surface area contributed by atoms with Crippen molar-refractivity contribution in [3.63, 3.8) is 0 Å². The molecule has 2 heterocycles. The summed E-state index contributed by atoms with van der Waals surface area (Å²) in [5, 5.41) is 11.4. The molecule has 1 aliphatic rings. The number of fused-ring (bicyclic) bond motifs is 1. The molecule has 2 unspecified atom stereocenters. The van der Waals surface area contributed by atoms with Gasteiger partial charge in [0, 0.05) is 45.8 Å². The summed E-state index contributed by atoms with van der Waals surface area (Å²) in [6.07, 6.45) is 3.11. The number of rotatable bonds is 8. The lowest BCUT2D eigenvalue weighted by Crippen LogP contribution is -2.48. The number of likely N-dealkylation sites (N-methyl/N-ethyl adjacent to an activating group) is 1. The zero-order chi connectivity index (χ0) is 18.2. The molecule has 0 radical (unpaired) electrons. The van der Waals surface area contributed by atoms with Crippen LogP contribution in [-0.2, 0) is 24.3 Å². The van der Waals surface area contributed by atoms with Crippen LogP contribution in [0.15, 0.2) is 4.99 Å². The van der Waals surface area contributed by atoms with E-state index in [1.807, 2.05) is 11.7 Å². The second kappa shape index (κ2) is 9.72. The van der Waals surface area contributed by atoms with Crippen molar-refractivity contribution < 1.29 is 4.74 Å². The first-order valence-corrected chi connectivity index (χ1v) is 9.16. The van der Waals surface area contributed by atoms with Crippen LogP contribution in [0, 0.1) is 0 Å². The van der Waals surface area contributed by atoms with Gasteiger partial charge in [-0.2, -0.15) is 5.10 Å². The second-order valence-electron chi connectivity index (χ2n) is 6.68. The number of nitrogens with one attached hydrogen (secondary N) is 2. The molecule has 0 amide bonds. The minimum atomic E-state index is 0.308. The first kappa shape index (κ1) is 19.7. The third kappa shape index (κ3) is 5.67. The summed E-state index contributed by atoms with van der Waals surface area (Å²) in [6, 6.07) is 0.908. The van der Waals surface area contributed by atoms with Crippen LogP contribution in [0.5, 0.6) is 0 Å². The Morgan fingerprint density at radius 1 is 1.52 bits per heavy atom. The lowest BCUT2D eigenvalue weighted by molar-refractivity contribution is 0.177. The highest BCUT2D eigenvalue weighted by Gasteiger charge is 2.22. The Balaban J connectivity index is 1.80. The highest BCUT2D eigenvalue weighted by molar-refractivity contribution is 5.79. The van der Waals surface area contributed by atoms with Gasteiger partial charge in [-0.05, 0) is 26.8 Å². The van der Waals surface area contributed by atoms with E-state index in [2.05, 4.69) is 51.5 Å². The largest absolute Gasteiger partial charge is 0.377 e. The highest BCUT2D eigenvalue weighted by atomic mass is 16.5. The Kier molecular flexibility index (Phi) is 7.64. The molecule has 1 aromatic rings. The van der Waals surface area contributed by atoms with Gasteiger partial charge in [0.1, 0.15) is 12.4 Å². The fourth-order valence-electron chi connectivity index (χ4n) is 2.94. The molecule has 1 aliphatic heterocycles. The molecule has 1 aromatic heterocycles. The van der Waals surface area contributed by atoms with E-state index in [4.69, 9.17) is 4.74 Å². The van der Waals surface area contributed by atoms with Crippen molar-refractivity contribution in [2.45, 2.75) is 58.3 Å². The van der Waals surface area contributed by atoms with Crippen molar-refractivity contribution in [2.75, 3.05) is 34.3 Å². The van der Waals surface area contributed by atoms with Gasteiger partial charge in [0.25, 0.3) is 0 Å². The van der Waals surface area contributed by atoms with E-state index in [1.54, 1.807) is 7.11 Å². The topological polar surface area (TPSA) is 79.6 Å². The standard InChI is InChI=1S/C17H33N7O/c1-6-13(2)23(4)10-9-19-17(18-3)20-14-7-8-16-21-15(12-25-5)22-24(16)11-14/h13-14H,6-12H2,1-5H3,(H2,18,19,20). The summed E-state index contributed by atoms with van der Waals surface area (Å²) < 4.78 is 7.10. The zero-order valence-electron chi connectivity index (χ0n) is 16.2. The normalized spacial score (nSPS) is 19.0. The Hall–Kier alpha value is -1.67. The summed E-state index contributed by atoms with van der Waals surface area (Å²) in [5.41, 5.74) is 0. The van der Waals surface area contributed by atoms with E-state index in [9.17, 15) is 0 Å². The number of ether oxygens (including phenoxy) is 1. The van der Waals surface area contributed by atoms with Gasteiger partial charge in [0.15, 0.2) is 11.8 Å². The Morgan fingerprint density at radius 3 is 3.00 bits per heavy atom. The van der Waals surface area contributed by atoms with Crippen LogP contribution in [0.4, 0.5) is 0 Å². The molecule has 0 aromatic carbocycles. The van der Waals surface area contributed by atoms with E-state index in [0.717, 1.165) is 56.5 Å². The summed E-state index contributed by atoms with van der Waals surface area (Å²) in [5.74, 6) is 2.65. The molecule has 0 saturated heterocycles. The number of guanidine groups is 1. The lowest BCUT2D eigenvalue weighted by atomic mass is 10.1. The lowest BCUT2D eigenvalue weighted by Gasteiger charge is -2.27. The van der Waals surface area contributed by atoms with Crippen molar-refractivity contribution in [3.05, 3.63) is 11.6 Å². The first-order valence-electron chi connectivity index (χ1n) is 9.16. The van der Waals surface area contributed by atoms with Crippen LogP contribution in [0.3, 0.4) is 0 Å². The molecule has 25 heavy (non-hydrogen) atoms. The van der Waals surface area contributed by atoms with Crippen LogP contribution >= 0.6 is 0 Å². The van der Waals surface area contributed by atoms with Gasteiger partial charge in [-0.15, -0.1) is 0 Å². The number of aryl methyl sites for hydroxylation is 1. The number of methoxy groups -OCH3 is 1. The molecular formula is C17H33N7O. The molecule has 0 saturated carbocycles. The van der Waals surface area contributed by atoms with Gasteiger partial charge in [-0.1, -0.05) is 6.92 Å². The number of nitrogens with zero attached hydrogens (tertiary/aromatic N) is 5. The van der Waals surface area contributed by atoms with Crippen molar-refractivity contribution in [1.82, 2.24) is 30.3 Å². The zero-order valence-corrected chi connectivity index (χ0v) is 16.2. The number of aromatic nitrogens is 3. The monoisotopic (exact) mass is 351 g/mol. The number of aliphatic imine (C=N–C) groups is 1. The predicted octanol–water partition coefficient (Wildman–Crippen LogP) is 0.635. The Bertz CT molecular complexity index is 557. The van der Waals surface area contributed by atoms with Gasteiger partial charge in [-0.25, -0.2) is 9.67 Å². The third-order valence-corrected chi connectivity index (χ3v) is 4.84. The molecule has 0 spiro atoms. The molecule has 2 N–H and O–H groups in total. The maximum absolute atomic E-state index is 5.12. The minimum absolute atomic E-state index is 0.308. The molecule has 0 bridgehead atoms. The summed E-state index contributed by atoms with van der Waals surface area (Å²) in [6.45, 7) is 7.61. The van der Waals surface area contributed by atoms with E-state index >= 15 is 0 Å². The van der Waals surface area contributed by atoms with Crippen LogP contribution in [0.2, 0.25) is 0 Å². The van der Waals surface area contributed by atoms with Crippen LogP contribution < -0.4 is 10.6 Å². The second-order valence-corrected chi connectivity index (χ2v) is 6.68. The van der Waals surface area contributed by atoms with Crippen molar-refractivity contribution in [2.24, 2.45) is 4.99 Å². The smallest absolute Gasteiger partial charge is 0.191 e. The molecule has 142 valence electrons. The molecule has 2 rings (SSSR count). The average Bonchev–Trinajstić information content (AvgIpc) is 3.01.